The first-order chi connectivity index (χ1) is 12.3. The average Bonchev–Trinajstić information content (AvgIpc) is 2.62. The van der Waals surface area contributed by atoms with Gasteiger partial charge in [0, 0.05) is 22.3 Å². The zero-order valence-electron chi connectivity index (χ0n) is 13.5. The molecular weight excluding hydrogens is 429 g/mol. The number of amides is 1. The number of halogens is 4. The number of carbonyl (C=O) groups excluding carboxylic acids is 1. The van der Waals surface area contributed by atoms with E-state index in [-0.39, 0.29) is 11.6 Å². The molecule has 26 heavy (non-hydrogen) atoms. The normalized spacial score (nSPS) is 16.8. The molecule has 2 aromatic carbocycles. The van der Waals surface area contributed by atoms with Crippen molar-refractivity contribution < 1.29 is 18.0 Å². The summed E-state index contributed by atoms with van der Waals surface area (Å²) in [5.74, 6) is 0.553. The van der Waals surface area contributed by atoms with Crippen LogP contribution in [0.4, 0.5) is 18.9 Å². The number of carbonyl (C=O) groups is 1. The van der Waals surface area contributed by atoms with Gasteiger partial charge in [0.2, 0.25) is 0 Å². The zero-order valence-corrected chi connectivity index (χ0v) is 15.9. The van der Waals surface area contributed by atoms with E-state index in [1.165, 1.54) is 28.8 Å². The second kappa shape index (κ2) is 7.84. The predicted octanol–water partition coefficient (Wildman–Crippen LogP) is 5.73. The van der Waals surface area contributed by atoms with E-state index >= 15 is 0 Å². The largest absolute Gasteiger partial charge is 0.416 e. The molecule has 0 unspecified atom stereocenters. The van der Waals surface area contributed by atoms with Gasteiger partial charge < -0.3 is 0 Å². The summed E-state index contributed by atoms with van der Waals surface area (Å²) in [5.41, 5.74) is -0.0729. The molecule has 0 bridgehead atoms. The van der Waals surface area contributed by atoms with Gasteiger partial charge >= 0.3 is 6.18 Å². The van der Waals surface area contributed by atoms with Gasteiger partial charge in [0.15, 0.2) is 5.17 Å². The van der Waals surface area contributed by atoms with Crippen molar-refractivity contribution in [3.8, 4) is 0 Å². The minimum Gasteiger partial charge on any atom is -0.287 e. The lowest BCUT2D eigenvalue weighted by molar-refractivity contribution is -0.137. The van der Waals surface area contributed by atoms with E-state index in [2.05, 4.69) is 20.9 Å². The Bertz CT molecular complexity index is 837. The summed E-state index contributed by atoms with van der Waals surface area (Å²) in [7, 11) is 0. The Kier molecular flexibility index (Phi) is 5.72. The summed E-state index contributed by atoms with van der Waals surface area (Å²) in [5, 5.41) is 0.420. The standard InChI is InChI=1S/C18H14BrF3N2OS/c19-14-7-5-12(6-8-14)16(25)24-9-2-10-26-17(24)23-15-4-1-3-13(11-15)18(20,21)22/h1,3-8,11H,2,9-10H2. The van der Waals surface area contributed by atoms with Crippen molar-refractivity contribution in [1.29, 1.82) is 0 Å². The topological polar surface area (TPSA) is 32.7 Å². The smallest absolute Gasteiger partial charge is 0.287 e. The first-order valence-electron chi connectivity index (χ1n) is 7.81. The van der Waals surface area contributed by atoms with Crippen molar-refractivity contribution in [3.63, 3.8) is 0 Å². The second-order valence-corrected chi connectivity index (χ2v) is 7.59. The first kappa shape index (κ1) is 19.0. The number of thioether (sulfide) groups is 1. The molecule has 0 radical (unpaired) electrons. The van der Waals surface area contributed by atoms with Gasteiger partial charge in [-0.05, 0) is 48.9 Å². The molecule has 1 aliphatic rings. The molecule has 0 N–H and O–H groups in total. The molecular formula is C18H14BrF3N2OS. The molecule has 0 saturated carbocycles. The molecule has 2 aromatic rings. The highest BCUT2D eigenvalue weighted by atomic mass is 79.9. The van der Waals surface area contributed by atoms with E-state index in [4.69, 9.17) is 0 Å². The van der Waals surface area contributed by atoms with E-state index in [0.717, 1.165) is 28.8 Å². The Hall–Kier alpha value is -1.80. The van der Waals surface area contributed by atoms with E-state index in [9.17, 15) is 18.0 Å². The van der Waals surface area contributed by atoms with Crippen molar-refractivity contribution in [2.75, 3.05) is 12.3 Å². The Morgan fingerprint density at radius 2 is 1.88 bits per heavy atom. The number of rotatable bonds is 2. The molecule has 3 rings (SSSR count). The molecule has 1 amide bonds. The molecule has 1 saturated heterocycles. The van der Waals surface area contributed by atoms with Gasteiger partial charge in [-0.2, -0.15) is 13.2 Å². The van der Waals surface area contributed by atoms with Crippen LogP contribution in [-0.4, -0.2) is 28.3 Å². The summed E-state index contributed by atoms with van der Waals surface area (Å²) in [6.45, 7) is 0.486. The number of hydrogen-bond donors (Lipinski definition) is 0. The minimum absolute atomic E-state index is 0.179. The Labute approximate surface area is 161 Å². The van der Waals surface area contributed by atoms with Crippen molar-refractivity contribution in [2.24, 2.45) is 4.99 Å². The molecule has 3 nitrogen and oxygen atoms in total. The minimum atomic E-state index is -4.43. The lowest BCUT2D eigenvalue weighted by atomic mass is 10.2. The maximum atomic E-state index is 12.9. The Morgan fingerprint density at radius 1 is 1.15 bits per heavy atom. The molecule has 0 aromatic heterocycles. The van der Waals surface area contributed by atoms with Crippen LogP contribution in [0.25, 0.3) is 0 Å². The van der Waals surface area contributed by atoms with E-state index in [1.807, 2.05) is 0 Å². The van der Waals surface area contributed by atoms with Gasteiger partial charge in [0.1, 0.15) is 0 Å². The molecule has 1 heterocycles. The SMILES string of the molecule is O=C(c1ccc(Br)cc1)N1CCCSC1=Nc1cccc(C(F)(F)F)c1. The Balaban J connectivity index is 1.90. The third-order valence-electron chi connectivity index (χ3n) is 3.72. The third-order valence-corrected chi connectivity index (χ3v) is 5.31. The summed E-state index contributed by atoms with van der Waals surface area (Å²) in [6, 6.07) is 11.8. The molecule has 136 valence electrons. The number of amidine groups is 1. The van der Waals surface area contributed by atoms with Crippen molar-refractivity contribution in [1.82, 2.24) is 4.90 Å². The lowest BCUT2D eigenvalue weighted by Gasteiger charge is -2.28. The summed E-state index contributed by atoms with van der Waals surface area (Å²) < 4.78 is 39.5. The van der Waals surface area contributed by atoms with Crippen molar-refractivity contribution in [3.05, 3.63) is 64.1 Å². The highest BCUT2D eigenvalue weighted by molar-refractivity contribution is 9.10. The maximum Gasteiger partial charge on any atom is 0.416 e. The molecule has 0 spiro atoms. The van der Waals surface area contributed by atoms with Crippen LogP contribution in [0.3, 0.4) is 0 Å². The fourth-order valence-corrected chi connectivity index (χ4v) is 3.67. The van der Waals surface area contributed by atoms with Crippen molar-refractivity contribution >= 4 is 44.5 Å². The Morgan fingerprint density at radius 3 is 2.58 bits per heavy atom. The van der Waals surface area contributed by atoms with Crippen LogP contribution in [0, 0.1) is 0 Å². The van der Waals surface area contributed by atoms with Crippen LogP contribution in [0.1, 0.15) is 22.3 Å². The molecule has 1 fully saturated rings. The average molecular weight is 443 g/mol. The molecule has 1 aliphatic heterocycles. The number of benzene rings is 2. The van der Waals surface area contributed by atoms with Gasteiger partial charge in [-0.3, -0.25) is 9.69 Å². The fraction of sp³-hybridized carbons (Fsp3) is 0.222. The summed E-state index contributed by atoms with van der Waals surface area (Å²) in [6.07, 6.45) is -3.63. The van der Waals surface area contributed by atoms with Crippen LogP contribution in [-0.2, 0) is 6.18 Å². The quantitative estimate of drug-likeness (QED) is 0.594. The van der Waals surface area contributed by atoms with Crippen LogP contribution >= 0.6 is 27.7 Å². The van der Waals surface area contributed by atoms with Crippen LogP contribution in [0.15, 0.2) is 58.0 Å². The molecule has 0 aliphatic carbocycles. The zero-order chi connectivity index (χ0) is 18.7. The van der Waals surface area contributed by atoms with Crippen molar-refractivity contribution in [2.45, 2.75) is 12.6 Å². The van der Waals surface area contributed by atoms with E-state index in [1.54, 1.807) is 24.3 Å². The van der Waals surface area contributed by atoms with Gasteiger partial charge in [-0.1, -0.05) is 33.8 Å². The first-order valence-corrected chi connectivity index (χ1v) is 9.58. The van der Waals surface area contributed by atoms with Crippen LogP contribution < -0.4 is 0 Å². The van der Waals surface area contributed by atoms with E-state index in [0.29, 0.717) is 17.3 Å². The van der Waals surface area contributed by atoms with Crippen LogP contribution in [0.5, 0.6) is 0 Å². The molecule has 8 heteroatoms. The maximum absolute atomic E-state index is 12.9. The highest BCUT2D eigenvalue weighted by Crippen LogP contribution is 2.32. The number of aliphatic imine (C=N–C) groups is 1. The highest BCUT2D eigenvalue weighted by Gasteiger charge is 2.31. The van der Waals surface area contributed by atoms with Crippen LogP contribution in [0.2, 0.25) is 0 Å². The number of alkyl halides is 3. The van der Waals surface area contributed by atoms with Gasteiger partial charge in [0.05, 0.1) is 11.3 Å². The third kappa shape index (κ3) is 4.48. The lowest BCUT2D eigenvalue weighted by Crippen LogP contribution is -2.39. The molecule has 0 atom stereocenters. The van der Waals surface area contributed by atoms with Gasteiger partial charge in [0.25, 0.3) is 5.91 Å². The van der Waals surface area contributed by atoms with Gasteiger partial charge in [-0.15, -0.1) is 0 Å². The second-order valence-electron chi connectivity index (χ2n) is 5.61. The van der Waals surface area contributed by atoms with E-state index < -0.39 is 11.7 Å². The number of hydrogen-bond acceptors (Lipinski definition) is 3. The monoisotopic (exact) mass is 442 g/mol. The summed E-state index contributed by atoms with van der Waals surface area (Å²) >= 11 is 4.70. The fourth-order valence-electron chi connectivity index (χ4n) is 2.45. The summed E-state index contributed by atoms with van der Waals surface area (Å²) in [4.78, 5) is 18.6. The predicted molar refractivity (Wildman–Crippen MR) is 101 cm³/mol. The number of nitrogens with zero attached hydrogens (tertiary/aromatic N) is 2. The van der Waals surface area contributed by atoms with Gasteiger partial charge in [-0.25, -0.2) is 4.99 Å².